The number of H-pyrrole nitrogens is 2. The van der Waals surface area contributed by atoms with E-state index in [1.54, 1.807) is 62.4 Å². The van der Waals surface area contributed by atoms with Crippen molar-refractivity contribution in [1.29, 1.82) is 0 Å². The van der Waals surface area contributed by atoms with Crippen LogP contribution in [0.25, 0.3) is 45.1 Å². The van der Waals surface area contributed by atoms with E-state index in [9.17, 15) is 18.0 Å². The number of carbonyl (C=O) groups is 2. The van der Waals surface area contributed by atoms with Gasteiger partial charge in [0, 0.05) is 29.4 Å². The van der Waals surface area contributed by atoms with Crippen molar-refractivity contribution >= 4 is 67.1 Å². The fourth-order valence-electron chi connectivity index (χ4n) is 4.79. The molecule has 0 radical (unpaired) electrons. The quantitative estimate of drug-likeness (QED) is 0.165. The van der Waals surface area contributed by atoms with Crippen LogP contribution in [0.4, 0.5) is 27.5 Å². The standard InChI is InChI=1S/C31H29N9O5S/c1-17(2)45-31(42)40(23-13-25-29(32-15-23)37-27(35-25)19-7-5-9-21(11-19)34-18(3)41)24-14-26-30(33-16-24)38-28(36-26)20-8-6-10-22(12-20)39-46(4,43)44/h5-17,39H,1-4H3,(H,34,41)(H,32,35,37)(H,33,36,38). The lowest BCUT2D eigenvalue weighted by molar-refractivity contribution is -0.114. The van der Waals surface area contributed by atoms with Gasteiger partial charge in [-0.05, 0) is 50.2 Å². The highest BCUT2D eigenvalue weighted by Crippen LogP contribution is 2.32. The molecular formula is C31H29N9O5S. The summed E-state index contributed by atoms with van der Waals surface area (Å²) in [6, 6.07) is 17.4. The minimum atomic E-state index is -3.46. The Hall–Kier alpha value is -5.83. The molecule has 4 aromatic heterocycles. The highest BCUT2D eigenvalue weighted by atomic mass is 32.2. The van der Waals surface area contributed by atoms with Crippen LogP contribution >= 0.6 is 0 Å². The van der Waals surface area contributed by atoms with Gasteiger partial charge in [0.05, 0.1) is 36.1 Å². The minimum Gasteiger partial charge on any atom is -0.446 e. The average molecular weight is 640 g/mol. The van der Waals surface area contributed by atoms with Crippen LogP contribution in [0.15, 0.2) is 73.1 Å². The molecular weight excluding hydrogens is 610 g/mol. The SMILES string of the molecule is CC(=O)Nc1cccc(-c2nc3cc(N(C(=O)OC(C)C)c4cnc5[nH]c(-c6cccc(NS(C)(=O)=O)c6)nc5c4)cnc3[nH]2)c1. The van der Waals surface area contributed by atoms with Gasteiger partial charge in [-0.15, -0.1) is 0 Å². The normalized spacial score (nSPS) is 11.6. The lowest BCUT2D eigenvalue weighted by Gasteiger charge is -2.22. The zero-order valence-electron chi connectivity index (χ0n) is 25.2. The van der Waals surface area contributed by atoms with Gasteiger partial charge in [0.25, 0.3) is 0 Å². The molecule has 0 saturated heterocycles. The Labute approximate surface area is 263 Å². The number of aromatic amines is 2. The van der Waals surface area contributed by atoms with Crippen LogP contribution in [0.5, 0.6) is 0 Å². The van der Waals surface area contributed by atoms with Gasteiger partial charge in [-0.3, -0.25) is 9.52 Å². The maximum Gasteiger partial charge on any atom is 0.419 e. The number of sulfonamides is 1. The van der Waals surface area contributed by atoms with Crippen molar-refractivity contribution in [1.82, 2.24) is 29.9 Å². The molecule has 0 aliphatic carbocycles. The summed E-state index contributed by atoms with van der Waals surface area (Å²) < 4.78 is 31.4. The number of benzene rings is 2. The first-order valence-corrected chi connectivity index (χ1v) is 16.0. The predicted octanol–water partition coefficient (Wildman–Crippen LogP) is 5.58. The van der Waals surface area contributed by atoms with Gasteiger partial charge in [-0.2, -0.15) is 0 Å². The van der Waals surface area contributed by atoms with Crippen molar-refractivity contribution in [2.75, 3.05) is 21.2 Å². The molecule has 4 heterocycles. The van der Waals surface area contributed by atoms with Gasteiger partial charge in [-0.1, -0.05) is 24.3 Å². The number of anilines is 4. The Bertz CT molecular complexity index is 2230. The van der Waals surface area contributed by atoms with Crippen molar-refractivity contribution in [2.45, 2.75) is 26.9 Å². The summed E-state index contributed by atoms with van der Waals surface area (Å²) in [5.74, 6) is 0.810. The summed E-state index contributed by atoms with van der Waals surface area (Å²) in [7, 11) is -3.46. The second-order valence-electron chi connectivity index (χ2n) is 10.8. The van der Waals surface area contributed by atoms with E-state index in [-0.39, 0.29) is 5.91 Å². The van der Waals surface area contributed by atoms with Crippen molar-refractivity contribution in [3.8, 4) is 22.8 Å². The van der Waals surface area contributed by atoms with E-state index < -0.39 is 22.2 Å². The number of amides is 2. The molecule has 2 aromatic carbocycles. The van der Waals surface area contributed by atoms with E-state index in [4.69, 9.17) is 9.72 Å². The second kappa shape index (κ2) is 11.9. The van der Waals surface area contributed by atoms with Crippen LogP contribution in [0.1, 0.15) is 20.8 Å². The first kappa shape index (κ1) is 30.2. The van der Waals surface area contributed by atoms with Gasteiger partial charge < -0.3 is 20.0 Å². The third-order valence-corrected chi connectivity index (χ3v) is 7.18. The molecule has 4 N–H and O–H groups in total. The third kappa shape index (κ3) is 6.63. The van der Waals surface area contributed by atoms with E-state index in [0.717, 1.165) is 11.8 Å². The molecule has 0 aliphatic rings. The molecule has 2 amide bonds. The topological polar surface area (TPSA) is 188 Å². The average Bonchev–Trinajstić information content (AvgIpc) is 3.60. The molecule has 234 valence electrons. The zero-order valence-corrected chi connectivity index (χ0v) is 26.0. The molecule has 0 bridgehead atoms. The molecule has 0 atom stereocenters. The summed E-state index contributed by atoms with van der Waals surface area (Å²) in [5.41, 5.74) is 5.09. The van der Waals surface area contributed by atoms with E-state index in [0.29, 0.717) is 62.3 Å². The number of hydrogen-bond acceptors (Lipinski definition) is 9. The van der Waals surface area contributed by atoms with Crippen molar-refractivity contribution in [2.24, 2.45) is 0 Å². The molecule has 14 nitrogen and oxygen atoms in total. The Morgan fingerprint density at radius 3 is 1.85 bits per heavy atom. The van der Waals surface area contributed by atoms with Gasteiger partial charge in [0.2, 0.25) is 15.9 Å². The summed E-state index contributed by atoms with van der Waals surface area (Å²) in [5, 5.41) is 2.76. The fourth-order valence-corrected chi connectivity index (χ4v) is 5.35. The number of aromatic nitrogens is 6. The fraction of sp³-hybridized carbons (Fsp3) is 0.161. The lowest BCUT2D eigenvalue weighted by atomic mass is 10.2. The maximum absolute atomic E-state index is 13.5. The molecule has 46 heavy (non-hydrogen) atoms. The zero-order chi connectivity index (χ0) is 32.6. The molecule has 0 unspecified atom stereocenters. The van der Waals surface area contributed by atoms with Gasteiger partial charge in [0.15, 0.2) is 11.3 Å². The number of fused-ring (bicyclic) bond motifs is 2. The third-order valence-electron chi connectivity index (χ3n) is 6.58. The molecule has 6 rings (SSSR count). The summed E-state index contributed by atoms with van der Waals surface area (Å²) >= 11 is 0. The monoisotopic (exact) mass is 639 g/mol. The van der Waals surface area contributed by atoms with Crippen LogP contribution < -0.4 is 14.9 Å². The Morgan fingerprint density at radius 1 is 0.826 bits per heavy atom. The summed E-state index contributed by atoms with van der Waals surface area (Å²) in [6.07, 6.45) is 3.07. The lowest BCUT2D eigenvalue weighted by Crippen LogP contribution is -2.29. The maximum atomic E-state index is 13.5. The summed E-state index contributed by atoms with van der Waals surface area (Å²) in [4.78, 5) is 51.0. The van der Waals surface area contributed by atoms with Gasteiger partial charge in [-0.25, -0.2) is 38.0 Å². The molecule has 0 spiro atoms. The smallest absolute Gasteiger partial charge is 0.419 e. The van der Waals surface area contributed by atoms with E-state index >= 15 is 0 Å². The van der Waals surface area contributed by atoms with Crippen LogP contribution in [0, 0.1) is 0 Å². The first-order valence-electron chi connectivity index (χ1n) is 14.1. The summed E-state index contributed by atoms with van der Waals surface area (Å²) in [6.45, 7) is 4.94. The highest BCUT2D eigenvalue weighted by Gasteiger charge is 2.24. The molecule has 6 aromatic rings. The van der Waals surface area contributed by atoms with E-state index in [2.05, 4.69) is 35.0 Å². The molecule has 0 saturated carbocycles. The molecule has 0 fully saturated rings. The van der Waals surface area contributed by atoms with Gasteiger partial charge >= 0.3 is 6.09 Å². The number of ether oxygens (including phenoxy) is 1. The second-order valence-corrected chi connectivity index (χ2v) is 12.5. The Balaban J connectivity index is 1.37. The molecule has 0 aliphatic heterocycles. The van der Waals surface area contributed by atoms with E-state index in [1.165, 1.54) is 24.2 Å². The highest BCUT2D eigenvalue weighted by molar-refractivity contribution is 7.92. The number of carbonyl (C=O) groups excluding carboxylic acids is 2. The number of nitrogens with zero attached hydrogens (tertiary/aromatic N) is 5. The Morgan fingerprint density at radius 2 is 1.35 bits per heavy atom. The van der Waals surface area contributed by atoms with Crippen LogP contribution in [-0.2, 0) is 19.6 Å². The van der Waals surface area contributed by atoms with Crippen molar-refractivity contribution in [3.05, 3.63) is 73.1 Å². The van der Waals surface area contributed by atoms with Gasteiger partial charge in [0.1, 0.15) is 22.7 Å². The minimum absolute atomic E-state index is 0.184. The number of hydrogen-bond donors (Lipinski definition) is 4. The molecule has 15 heteroatoms. The number of imidazole rings is 2. The van der Waals surface area contributed by atoms with Crippen molar-refractivity contribution < 1.29 is 22.7 Å². The van der Waals surface area contributed by atoms with Crippen molar-refractivity contribution in [3.63, 3.8) is 0 Å². The van der Waals surface area contributed by atoms with Crippen LogP contribution in [0.3, 0.4) is 0 Å². The number of pyridine rings is 2. The first-order chi connectivity index (χ1) is 21.9. The van der Waals surface area contributed by atoms with Crippen LogP contribution in [-0.4, -0.2) is 62.7 Å². The van der Waals surface area contributed by atoms with E-state index in [1.807, 2.05) is 12.1 Å². The Kier molecular flexibility index (Phi) is 7.83. The number of rotatable bonds is 8. The number of nitrogens with one attached hydrogen (secondary N) is 4. The predicted molar refractivity (Wildman–Crippen MR) is 175 cm³/mol. The largest absolute Gasteiger partial charge is 0.446 e. The van der Waals surface area contributed by atoms with Crippen LogP contribution in [0.2, 0.25) is 0 Å².